The summed E-state index contributed by atoms with van der Waals surface area (Å²) in [5, 5.41) is 14.3. The van der Waals surface area contributed by atoms with E-state index in [-0.39, 0.29) is 0 Å². The van der Waals surface area contributed by atoms with Gasteiger partial charge in [0.2, 0.25) is 0 Å². The molecule has 4 nitrogen and oxygen atoms in total. The Morgan fingerprint density at radius 1 is 0.719 bits per heavy atom. The molecule has 1 atom stereocenters. The summed E-state index contributed by atoms with van der Waals surface area (Å²) in [6.07, 6.45) is 0.666. The van der Waals surface area contributed by atoms with Gasteiger partial charge < -0.3 is 20.3 Å². The summed E-state index contributed by atoms with van der Waals surface area (Å²) < 4.78 is 11.1. The van der Waals surface area contributed by atoms with Crippen molar-refractivity contribution in [2.24, 2.45) is 5.73 Å². The second kappa shape index (κ2) is 9.43. The fourth-order valence-electron chi connectivity index (χ4n) is 4.45. The van der Waals surface area contributed by atoms with Crippen molar-refractivity contribution in [3.63, 3.8) is 0 Å². The van der Waals surface area contributed by atoms with Crippen LogP contribution in [0.2, 0.25) is 0 Å². The van der Waals surface area contributed by atoms with E-state index in [9.17, 15) is 5.11 Å². The molecule has 0 aliphatic heterocycles. The average Bonchev–Trinajstić information content (AvgIpc) is 2.84. The van der Waals surface area contributed by atoms with Crippen molar-refractivity contribution < 1.29 is 14.6 Å². The van der Waals surface area contributed by atoms with E-state index in [4.69, 9.17) is 15.2 Å². The van der Waals surface area contributed by atoms with E-state index in [0.29, 0.717) is 12.8 Å². The third-order valence-electron chi connectivity index (χ3n) is 6.12. The number of rotatable bonds is 8. The molecule has 164 valence electrons. The second-order valence-corrected chi connectivity index (χ2v) is 8.13. The van der Waals surface area contributed by atoms with Crippen LogP contribution >= 0.6 is 0 Å². The molecule has 0 heterocycles. The van der Waals surface area contributed by atoms with Crippen molar-refractivity contribution in [2.45, 2.75) is 24.5 Å². The predicted molar refractivity (Wildman–Crippen MR) is 129 cm³/mol. The van der Waals surface area contributed by atoms with Crippen molar-refractivity contribution in [1.82, 2.24) is 0 Å². The van der Waals surface area contributed by atoms with E-state index >= 15 is 0 Å². The first kappa shape index (κ1) is 21.9. The third-order valence-corrected chi connectivity index (χ3v) is 6.12. The van der Waals surface area contributed by atoms with Gasteiger partial charge in [-0.05, 0) is 39.6 Å². The zero-order valence-electron chi connectivity index (χ0n) is 18.5. The molecule has 0 radical (unpaired) electrons. The summed E-state index contributed by atoms with van der Waals surface area (Å²) >= 11 is 0. The van der Waals surface area contributed by atoms with E-state index in [2.05, 4.69) is 18.2 Å². The molecular weight excluding hydrogens is 398 g/mol. The predicted octanol–water partition coefficient (Wildman–Crippen LogP) is 5.07. The standard InChI is InChI=1S/C28H29NO3/c1-31-25-16-7-4-11-21(25)18-28(30,19-22-12-5-8-17-26(22)32-2)27(29)24-15-9-13-20-10-3-6-14-23(20)24/h3-17,27,30H,18-19,29H2,1-2H3/t27-/m1/s1. The van der Waals surface area contributed by atoms with Crippen LogP contribution in [0.4, 0.5) is 0 Å². The molecule has 0 aliphatic carbocycles. The Hall–Kier alpha value is -3.34. The molecule has 0 unspecified atom stereocenters. The maximum absolute atomic E-state index is 12.2. The summed E-state index contributed by atoms with van der Waals surface area (Å²) in [6.45, 7) is 0. The zero-order valence-corrected chi connectivity index (χ0v) is 18.5. The van der Waals surface area contributed by atoms with Crippen LogP contribution in [-0.4, -0.2) is 24.9 Å². The van der Waals surface area contributed by atoms with Crippen LogP contribution in [0.25, 0.3) is 10.8 Å². The van der Waals surface area contributed by atoms with Gasteiger partial charge in [-0.1, -0.05) is 78.9 Å². The number of hydrogen-bond acceptors (Lipinski definition) is 4. The Bertz CT molecular complexity index is 1150. The van der Waals surface area contributed by atoms with Gasteiger partial charge in [-0.15, -0.1) is 0 Å². The molecule has 4 heteroatoms. The van der Waals surface area contributed by atoms with E-state index < -0.39 is 11.6 Å². The molecule has 32 heavy (non-hydrogen) atoms. The molecule has 0 fully saturated rings. The smallest absolute Gasteiger partial charge is 0.122 e. The maximum atomic E-state index is 12.2. The molecule has 4 rings (SSSR count). The molecule has 0 saturated carbocycles. The third kappa shape index (κ3) is 4.33. The first-order chi connectivity index (χ1) is 15.6. The Labute approximate surface area is 189 Å². The average molecular weight is 428 g/mol. The number of benzene rings is 4. The Morgan fingerprint density at radius 3 is 1.81 bits per heavy atom. The van der Waals surface area contributed by atoms with E-state index in [1.807, 2.05) is 72.8 Å². The molecule has 0 saturated heterocycles. The Morgan fingerprint density at radius 2 is 1.22 bits per heavy atom. The highest BCUT2D eigenvalue weighted by Gasteiger charge is 2.38. The number of para-hydroxylation sites is 2. The lowest BCUT2D eigenvalue weighted by molar-refractivity contribution is 0.0131. The molecule has 0 bridgehead atoms. The van der Waals surface area contributed by atoms with Crippen molar-refractivity contribution in [3.8, 4) is 11.5 Å². The largest absolute Gasteiger partial charge is 0.496 e. The van der Waals surface area contributed by atoms with Crippen LogP contribution in [0.5, 0.6) is 11.5 Å². The lowest BCUT2D eigenvalue weighted by Gasteiger charge is -2.36. The topological polar surface area (TPSA) is 64.7 Å². The highest BCUT2D eigenvalue weighted by atomic mass is 16.5. The monoisotopic (exact) mass is 427 g/mol. The SMILES string of the molecule is COc1ccccc1CC(O)(Cc1ccccc1OC)[C@H](N)c1cccc2ccccc12. The zero-order chi connectivity index (χ0) is 22.6. The van der Waals surface area contributed by atoms with Crippen molar-refractivity contribution in [3.05, 3.63) is 108 Å². The first-order valence-electron chi connectivity index (χ1n) is 10.7. The summed E-state index contributed by atoms with van der Waals surface area (Å²) in [5.74, 6) is 1.46. The highest BCUT2D eigenvalue weighted by Crippen LogP contribution is 2.37. The molecular formula is C28H29NO3. The van der Waals surface area contributed by atoms with Gasteiger partial charge in [0.15, 0.2) is 0 Å². The molecule has 0 spiro atoms. The first-order valence-corrected chi connectivity index (χ1v) is 10.7. The fraction of sp³-hybridized carbons (Fsp3) is 0.214. The molecule has 3 N–H and O–H groups in total. The number of fused-ring (bicyclic) bond motifs is 1. The minimum atomic E-state index is -1.28. The van der Waals surface area contributed by atoms with Gasteiger partial charge in [-0.3, -0.25) is 0 Å². The Kier molecular flexibility index (Phi) is 6.45. The normalized spacial score (nSPS) is 12.5. The lowest BCUT2D eigenvalue weighted by atomic mass is 9.78. The van der Waals surface area contributed by atoms with Crippen LogP contribution in [0, 0.1) is 0 Å². The van der Waals surface area contributed by atoms with Crippen LogP contribution < -0.4 is 15.2 Å². The molecule has 4 aromatic carbocycles. The van der Waals surface area contributed by atoms with Crippen molar-refractivity contribution in [1.29, 1.82) is 0 Å². The molecule has 4 aromatic rings. The van der Waals surface area contributed by atoms with Crippen LogP contribution in [0.1, 0.15) is 22.7 Å². The Balaban J connectivity index is 1.82. The van der Waals surface area contributed by atoms with E-state index in [1.54, 1.807) is 14.2 Å². The summed E-state index contributed by atoms with van der Waals surface area (Å²) in [4.78, 5) is 0. The van der Waals surface area contributed by atoms with Crippen LogP contribution in [-0.2, 0) is 12.8 Å². The number of ether oxygens (including phenoxy) is 2. The minimum absolute atomic E-state index is 0.333. The molecule has 0 aromatic heterocycles. The lowest BCUT2D eigenvalue weighted by Crippen LogP contribution is -2.45. The highest BCUT2D eigenvalue weighted by molar-refractivity contribution is 5.86. The number of nitrogens with two attached hydrogens (primary N) is 1. The van der Waals surface area contributed by atoms with Gasteiger partial charge >= 0.3 is 0 Å². The number of methoxy groups -OCH3 is 2. The minimum Gasteiger partial charge on any atom is -0.496 e. The second-order valence-electron chi connectivity index (χ2n) is 8.13. The maximum Gasteiger partial charge on any atom is 0.122 e. The summed E-state index contributed by atoms with van der Waals surface area (Å²) in [5.41, 5.74) is 8.33. The van der Waals surface area contributed by atoms with Gasteiger partial charge in [0.25, 0.3) is 0 Å². The van der Waals surface area contributed by atoms with Gasteiger partial charge in [0, 0.05) is 12.8 Å². The number of aliphatic hydroxyl groups is 1. The van der Waals surface area contributed by atoms with E-state index in [0.717, 1.165) is 39.0 Å². The van der Waals surface area contributed by atoms with Gasteiger partial charge in [-0.2, -0.15) is 0 Å². The van der Waals surface area contributed by atoms with Gasteiger partial charge in [-0.25, -0.2) is 0 Å². The van der Waals surface area contributed by atoms with Crippen molar-refractivity contribution >= 4 is 10.8 Å². The summed E-state index contributed by atoms with van der Waals surface area (Å²) in [6, 6.07) is 29.0. The van der Waals surface area contributed by atoms with Crippen LogP contribution in [0.3, 0.4) is 0 Å². The van der Waals surface area contributed by atoms with Crippen molar-refractivity contribution in [2.75, 3.05) is 14.2 Å². The van der Waals surface area contributed by atoms with Gasteiger partial charge in [0.05, 0.1) is 25.9 Å². The van der Waals surface area contributed by atoms with E-state index in [1.165, 1.54) is 0 Å². The number of hydrogen-bond donors (Lipinski definition) is 2. The summed E-state index contributed by atoms with van der Waals surface area (Å²) in [7, 11) is 3.28. The quantitative estimate of drug-likeness (QED) is 0.412. The molecule has 0 aliphatic rings. The van der Waals surface area contributed by atoms with Gasteiger partial charge in [0.1, 0.15) is 11.5 Å². The fourth-order valence-corrected chi connectivity index (χ4v) is 4.45. The molecule has 0 amide bonds. The van der Waals surface area contributed by atoms with Crippen LogP contribution in [0.15, 0.2) is 91.0 Å².